The van der Waals surface area contributed by atoms with E-state index in [9.17, 15) is 49.5 Å². The van der Waals surface area contributed by atoms with Crippen molar-refractivity contribution in [1.29, 1.82) is 0 Å². The molecule has 0 bridgehead atoms. The summed E-state index contributed by atoms with van der Waals surface area (Å²) < 4.78 is 23.9. The van der Waals surface area contributed by atoms with Crippen LogP contribution in [0.4, 0.5) is 5.82 Å². The number of hydrogen-bond acceptors (Lipinski definition) is 21. The highest BCUT2D eigenvalue weighted by atomic mass is 32.2. The zero-order chi connectivity index (χ0) is 102. The van der Waals surface area contributed by atoms with E-state index in [1.807, 2.05) is 198 Å². The van der Waals surface area contributed by atoms with E-state index in [0.717, 1.165) is 159 Å². The topological polar surface area (TPSA) is 362 Å². The minimum absolute atomic E-state index is 0.0319. The van der Waals surface area contributed by atoms with Crippen molar-refractivity contribution < 1.29 is 68.5 Å². The number of ketones is 4. The van der Waals surface area contributed by atoms with E-state index in [1.165, 1.54) is 13.8 Å². The highest BCUT2D eigenvalue weighted by molar-refractivity contribution is 7.99. The summed E-state index contributed by atoms with van der Waals surface area (Å²) in [6.45, 7) is 16.9. The zero-order valence-corrected chi connectivity index (χ0v) is 82.5. The molecule has 0 saturated carbocycles. The third-order valence-electron chi connectivity index (χ3n) is 22.7. The summed E-state index contributed by atoms with van der Waals surface area (Å²) in [6.07, 6.45) is 14.4. The number of phenolic OH excluding ortho intramolecular Hbond substituents is 5. The number of rotatable bonds is 28. The van der Waals surface area contributed by atoms with E-state index in [0.29, 0.717) is 75.0 Å². The quantitative estimate of drug-likeness (QED) is 0.0206. The van der Waals surface area contributed by atoms with Crippen molar-refractivity contribution in [3.63, 3.8) is 0 Å². The fourth-order valence-corrected chi connectivity index (χ4v) is 15.4. The molecule has 730 valence electrons. The predicted octanol–water partition coefficient (Wildman–Crippen LogP) is 26.8. The monoisotopic (exact) mass is 1940 g/mol. The van der Waals surface area contributed by atoms with Crippen LogP contribution in [0.25, 0.3) is 67.2 Å². The number of pyridine rings is 2. The number of anilines is 1. The molecule has 13 aromatic carbocycles. The first kappa shape index (κ1) is 105. The number of ether oxygens (including phenoxy) is 4. The summed E-state index contributed by atoms with van der Waals surface area (Å²) in [6, 6.07) is 101. The number of H-pyrrole nitrogens is 2. The first-order chi connectivity index (χ1) is 69.7. The van der Waals surface area contributed by atoms with Crippen molar-refractivity contribution in [2.75, 3.05) is 12.8 Å². The molecule has 0 atom stereocenters. The van der Waals surface area contributed by atoms with Crippen LogP contribution in [-0.4, -0.2) is 102 Å². The molecule has 5 heterocycles. The van der Waals surface area contributed by atoms with E-state index in [-0.39, 0.29) is 47.1 Å². The van der Waals surface area contributed by atoms with E-state index in [1.54, 1.807) is 196 Å². The number of nitrogens with one attached hydrogen (secondary N) is 3. The van der Waals surface area contributed by atoms with Gasteiger partial charge in [0.05, 0.1) is 30.4 Å². The highest BCUT2D eigenvalue weighted by Crippen LogP contribution is 2.37. The maximum Gasteiger partial charge on any atom is 0.241 e. The average Bonchev–Trinajstić information content (AvgIpc) is 1.62. The van der Waals surface area contributed by atoms with Crippen molar-refractivity contribution in [2.24, 2.45) is 0 Å². The molecule has 144 heavy (non-hydrogen) atoms. The molecule has 0 fully saturated rings. The van der Waals surface area contributed by atoms with Crippen LogP contribution in [0.5, 0.6) is 69.0 Å². The number of amides is 1. The number of nitrogen functional groups attached to an aromatic ring is 1. The Morgan fingerprint density at radius 3 is 1.15 bits per heavy atom. The second-order valence-electron chi connectivity index (χ2n) is 32.9. The van der Waals surface area contributed by atoms with Crippen molar-refractivity contribution in [3.05, 3.63) is 420 Å². The van der Waals surface area contributed by atoms with Crippen LogP contribution in [0.3, 0.4) is 0 Å². The molecule has 18 rings (SSSR count). The van der Waals surface area contributed by atoms with Gasteiger partial charge in [-0.3, -0.25) is 48.8 Å². The summed E-state index contributed by atoms with van der Waals surface area (Å²) >= 11 is 1.59. The van der Waals surface area contributed by atoms with Gasteiger partial charge in [-0.1, -0.05) is 156 Å². The lowest BCUT2D eigenvalue weighted by atomic mass is 9.99. The molecule has 0 radical (unpaired) electrons. The summed E-state index contributed by atoms with van der Waals surface area (Å²) in [5.74, 6) is 7.23. The van der Waals surface area contributed by atoms with Gasteiger partial charge in [0, 0.05) is 81.2 Å². The fourth-order valence-electron chi connectivity index (χ4n) is 14.6. The molecule has 24 nitrogen and oxygen atoms in total. The number of phenols is 5. The van der Waals surface area contributed by atoms with Crippen LogP contribution < -0.4 is 30.0 Å². The summed E-state index contributed by atoms with van der Waals surface area (Å²) in [4.78, 5) is 66.9. The number of carbonyl (C=O) groups excluding carboxylic acids is 5. The molecule has 18 aromatic rings. The van der Waals surface area contributed by atoms with E-state index in [4.69, 9.17) is 24.7 Å². The summed E-state index contributed by atoms with van der Waals surface area (Å²) in [5.41, 5.74) is 26.6. The predicted molar refractivity (Wildman–Crippen MR) is 568 cm³/mol. The molecule has 0 spiro atoms. The first-order valence-electron chi connectivity index (χ1n) is 46.8. The van der Waals surface area contributed by atoms with Gasteiger partial charge in [-0.05, 0) is 350 Å². The van der Waals surface area contributed by atoms with E-state index in [2.05, 4.69) is 84.1 Å². The Morgan fingerprint density at radius 2 is 0.750 bits per heavy atom. The number of aromatic amines is 2. The summed E-state index contributed by atoms with van der Waals surface area (Å²) in [7, 11) is 1.66. The summed E-state index contributed by atoms with van der Waals surface area (Å²) in [5, 5.41) is 69.3. The number of Topliss-reactive ketones (excluding diaryl/α,β-unsaturated/α-hetero) is 4. The van der Waals surface area contributed by atoms with Gasteiger partial charge in [-0.25, -0.2) is 0 Å². The van der Waals surface area contributed by atoms with Gasteiger partial charge in [0.1, 0.15) is 81.4 Å². The molecule has 0 aliphatic carbocycles. The van der Waals surface area contributed by atoms with Crippen LogP contribution in [0.2, 0.25) is 0 Å². The second kappa shape index (κ2) is 52.9. The highest BCUT2D eigenvalue weighted by Gasteiger charge is 2.15. The Labute approximate surface area is 842 Å². The number of nitrogens with zero attached hydrogens (tertiary/aromatic N) is 6. The van der Waals surface area contributed by atoms with Crippen molar-refractivity contribution in [2.45, 2.75) is 117 Å². The van der Waals surface area contributed by atoms with Gasteiger partial charge in [-0.15, -0.1) is 0 Å². The van der Waals surface area contributed by atoms with Crippen LogP contribution in [0.15, 0.2) is 375 Å². The molecule has 0 aliphatic heterocycles. The SMILES string of the molecule is CC(=O)c1ccc(Oc2cccnc2)cc1.CC(=O)c1ccc(Sc2ccc(O)cc2)cc1.CCc1cc(-c2ccc(-c3cc(N)n[nH]3)cc2)ccc1O.CCc1cc(-c2ccc(-c3ccn(CC(=O)NCc4cccnc4)n3)cc2)ccc1O.CCc1cc(-c2ccc(-c3ccn[nH]3)cc2)ccc1O.CCc1cc(Oc2ccc(C(C)=O)cc2)ccc1O.CCc1cc(Oc2ccc(C(C)=O)cc2)ccc1OC. The lowest BCUT2D eigenvalue weighted by Gasteiger charge is -2.10. The van der Waals surface area contributed by atoms with Gasteiger partial charge in [0.15, 0.2) is 23.1 Å². The van der Waals surface area contributed by atoms with Gasteiger partial charge in [-0.2, -0.15) is 15.3 Å². The standard InChI is InChI=1S/C25H24N4O2.C17H17N3O.C17H16N2O.C17H18O3.C16H16O3.C14H12O2S.C13H11NO2/c1-2-19-14-22(9-10-24(19)30)20-5-7-21(8-6-20)23-11-13-29(28-23)17-25(31)27-16-18-4-3-12-26-15-18;1-2-11-9-14(7-8-16(11)21)12-3-5-13(6-4-12)15-10-17(18)20-19-15;1-2-12-11-15(7-8-17(12)20)13-3-5-14(6-4-13)16-9-10-18-19-16;1-4-13-11-16(9-10-17(13)19-3)20-15-7-5-14(6-8-15)12(2)18;1-3-12-10-15(8-9-16(12)18)19-14-6-4-13(5-7-14)11(2)17;1-10(15)11-2-6-13(7-3-11)17-14-8-4-12(16)5-9-14;1-10(15)11-4-6-12(7-5-11)16-13-3-2-8-14-9-13/h3-15,30H,2,16-17H2,1H3,(H,27,31);3-10,21H,2H2,1H3,(H3,18,19,20);3-11,20H,2H2,1H3,(H,18,19);5-11H,4H2,1-3H3;4-10,18H,3H2,1-2H3;2-9,16H,1H3;2-9H,1H3. The molecule has 0 aliphatic rings. The van der Waals surface area contributed by atoms with Crippen LogP contribution in [0, 0.1) is 0 Å². The average molecular weight is 1940 g/mol. The molecule has 25 heteroatoms. The maximum atomic E-state index is 12.2. The Morgan fingerprint density at radius 1 is 0.368 bits per heavy atom. The Hall–Kier alpha value is -17.7. The maximum absolute atomic E-state index is 12.2. The number of hydrogen-bond donors (Lipinski definition) is 9. The minimum Gasteiger partial charge on any atom is -0.508 e. The lowest BCUT2D eigenvalue weighted by molar-refractivity contribution is -0.122. The van der Waals surface area contributed by atoms with E-state index < -0.39 is 0 Å². The minimum atomic E-state index is -0.104. The zero-order valence-electron chi connectivity index (χ0n) is 81.7. The van der Waals surface area contributed by atoms with Crippen molar-refractivity contribution >= 4 is 46.6 Å². The lowest BCUT2D eigenvalue weighted by Crippen LogP contribution is -2.27. The van der Waals surface area contributed by atoms with Crippen molar-refractivity contribution in [1.82, 2.24) is 45.5 Å². The number of methoxy groups -OCH3 is 1. The first-order valence-corrected chi connectivity index (χ1v) is 47.6. The molecular formula is C119H114N10O14S. The molecular weight excluding hydrogens is 1830 g/mol. The molecule has 0 saturated heterocycles. The largest absolute Gasteiger partial charge is 0.508 e. The smallest absolute Gasteiger partial charge is 0.241 e. The Balaban J connectivity index is 0.000000151. The second-order valence-corrected chi connectivity index (χ2v) is 34.1. The van der Waals surface area contributed by atoms with Crippen LogP contribution in [0.1, 0.15) is 137 Å². The molecule has 10 N–H and O–H groups in total. The van der Waals surface area contributed by atoms with Gasteiger partial charge in [0.25, 0.3) is 0 Å². The number of nitrogens with two attached hydrogens (primary N) is 1. The molecule has 0 unspecified atom stereocenters. The normalized spacial score (nSPS) is 10.4. The number of aromatic nitrogens is 8. The van der Waals surface area contributed by atoms with Gasteiger partial charge >= 0.3 is 0 Å². The number of aryl methyl sites for hydroxylation is 5. The van der Waals surface area contributed by atoms with Crippen molar-refractivity contribution in [3.8, 4) is 136 Å². The van der Waals surface area contributed by atoms with Gasteiger partial charge < -0.3 is 55.5 Å². The number of aromatic hydroxyl groups is 5. The Kier molecular flexibility index (Phi) is 38.6. The number of carbonyl (C=O) groups is 5. The number of benzene rings is 13. The van der Waals surface area contributed by atoms with Crippen LogP contribution >= 0.6 is 11.8 Å². The third-order valence-corrected chi connectivity index (χ3v) is 23.7. The van der Waals surface area contributed by atoms with Gasteiger partial charge in [0.2, 0.25) is 5.91 Å². The molecule has 5 aromatic heterocycles. The fraction of sp³-hybridized carbons (Fsp3) is 0.143. The van der Waals surface area contributed by atoms with Crippen LogP contribution in [-0.2, 0) is 50.0 Å². The molecule has 1 amide bonds. The Bertz CT molecular complexity index is 7220. The van der Waals surface area contributed by atoms with E-state index >= 15 is 0 Å². The third kappa shape index (κ3) is 31.4.